The van der Waals surface area contributed by atoms with E-state index in [9.17, 15) is 9.59 Å². The first-order chi connectivity index (χ1) is 14.1. The van der Waals surface area contributed by atoms with Gasteiger partial charge in [-0.25, -0.2) is 0 Å². The third-order valence-corrected chi connectivity index (χ3v) is 4.56. The van der Waals surface area contributed by atoms with Crippen LogP contribution in [0.25, 0.3) is 0 Å². The normalized spacial score (nSPS) is 10.4. The van der Waals surface area contributed by atoms with Crippen molar-refractivity contribution in [2.24, 2.45) is 0 Å². The van der Waals surface area contributed by atoms with E-state index < -0.39 is 0 Å². The molecule has 0 saturated heterocycles. The Morgan fingerprint density at radius 2 is 1.93 bits per heavy atom. The lowest BCUT2D eigenvalue weighted by molar-refractivity contribution is -0.126. The second-order valence-corrected chi connectivity index (χ2v) is 6.84. The fourth-order valence-corrected chi connectivity index (χ4v) is 2.91. The van der Waals surface area contributed by atoms with Crippen molar-refractivity contribution in [3.8, 4) is 5.75 Å². The van der Waals surface area contributed by atoms with Crippen molar-refractivity contribution in [2.75, 3.05) is 19.0 Å². The molecule has 0 fully saturated rings. The maximum atomic E-state index is 12.2. The molecule has 2 aromatic heterocycles. The molecular formula is C19H19N5O4S. The molecule has 0 radical (unpaired) electrons. The number of hydrogen-bond acceptors (Lipinski definition) is 8. The van der Waals surface area contributed by atoms with Gasteiger partial charge >= 0.3 is 0 Å². The molecule has 150 valence electrons. The van der Waals surface area contributed by atoms with E-state index in [-0.39, 0.29) is 30.0 Å². The van der Waals surface area contributed by atoms with Crippen molar-refractivity contribution in [2.45, 2.75) is 13.2 Å². The van der Waals surface area contributed by atoms with Gasteiger partial charge in [0, 0.05) is 11.9 Å². The third kappa shape index (κ3) is 6.33. The van der Waals surface area contributed by atoms with Crippen LogP contribution in [0, 0.1) is 0 Å². The third-order valence-electron chi connectivity index (χ3n) is 3.66. The first kappa shape index (κ1) is 20.4. The quantitative estimate of drug-likeness (QED) is 0.551. The summed E-state index contributed by atoms with van der Waals surface area (Å²) in [6.07, 6.45) is 1.66. The average Bonchev–Trinajstić information content (AvgIpc) is 3.23. The average molecular weight is 413 g/mol. The summed E-state index contributed by atoms with van der Waals surface area (Å²) >= 11 is 1.10. The second-order valence-electron chi connectivity index (χ2n) is 5.77. The molecule has 0 unspecified atom stereocenters. The van der Waals surface area contributed by atoms with Gasteiger partial charge in [0.15, 0.2) is 0 Å². The van der Waals surface area contributed by atoms with Crippen LogP contribution in [0.1, 0.15) is 20.5 Å². The summed E-state index contributed by atoms with van der Waals surface area (Å²) in [5, 5.41) is 13.9. The van der Waals surface area contributed by atoms with Crippen LogP contribution in [-0.2, 0) is 22.7 Å². The zero-order chi connectivity index (χ0) is 20.5. The number of hydrogen-bond donors (Lipinski definition) is 2. The summed E-state index contributed by atoms with van der Waals surface area (Å²) in [7, 11) is 1.57. The largest absolute Gasteiger partial charge is 0.497 e. The highest BCUT2D eigenvalue weighted by Crippen LogP contribution is 2.17. The number of nitrogens with zero attached hydrogens (tertiary/aromatic N) is 3. The Balaban J connectivity index is 1.41. The predicted molar refractivity (Wildman–Crippen MR) is 107 cm³/mol. The molecular weight excluding hydrogens is 394 g/mol. The van der Waals surface area contributed by atoms with E-state index in [0.29, 0.717) is 23.0 Å². The van der Waals surface area contributed by atoms with Crippen LogP contribution in [-0.4, -0.2) is 40.7 Å². The summed E-state index contributed by atoms with van der Waals surface area (Å²) in [6.45, 7) is 0.293. The van der Waals surface area contributed by atoms with Gasteiger partial charge in [-0.05, 0) is 36.4 Å². The van der Waals surface area contributed by atoms with Gasteiger partial charge in [0.05, 0.1) is 19.3 Å². The van der Waals surface area contributed by atoms with Gasteiger partial charge < -0.3 is 20.1 Å². The van der Waals surface area contributed by atoms with E-state index >= 15 is 0 Å². The molecule has 0 atom stereocenters. The lowest BCUT2D eigenvalue weighted by atomic mass is 10.3. The first-order valence-corrected chi connectivity index (χ1v) is 9.48. The van der Waals surface area contributed by atoms with Crippen molar-refractivity contribution in [1.82, 2.24) is 20.5 Å². The van der Waals surface area contributed by atoms with Crippen molar-refractivity contribution in [3.05, 3.63) is 64.4 Å². The van der Waals surface area contributed by atoms with E-state index in [1.807, 2.05) is 18.2 Å². The number of pyridine rings is 1. The second kappa shape index (κ2) is 10.2. The van der Waals surface area contributed by atoms with E-state index in [1.54, 1.807) is 37.6 Å². The number of anilines is 1. The van der Waals surface area contributed by atoms with Crippen molar-refractivity contribution in [1.29, 1.82) is 0 Å². The molecule has 3 aromatic rings. The predicted octanol–water partition coefficient (Wildman–Crippen LogP) is 2.03. The van der Waals surface area contributed by atoms with Crippen LogP contribution in [0.15, 0.2) is 48.7 Å². The highest BCUT2D eigenvalue weighted by Gasteiger charge is 2.14. The van der Waals surface area contributed by atoms with Crippen LogP contribution in [0.5, 0.6) is 5.75 Å². The number of carbonyl (C=O) groups is 2. The number of benzene rings is 1. The Morgan fingerprint density at radius 1 is 1.10 bits per heavy atom. The molecule has 9 nitrogen and oxygen atoms in total. The maximum Gasteiger partial charge on any atom is 0.286 e. The van der Waals surface area contributed by atoms with Crippen LogP contribution in [0.2, 0.25) is 0 Å². The molecule has 0 spiro atoms. The van der Waals surface area contributed by atoms with Gasteiger partial charge in [-0.1, -0.05) is 17.4 Å². The van der Waals surface area contributed by atoms with E-state index in [1.165, 1.54) is 0 Å². The van der Waals surface area contributed by atoms with E-state index in [0.717, 1.165) is 17.0 Å². The molecule has 0 aliphatic carbocycles. The lowest BCUT2D eigenvalue weighted by Gasteiger charge is -2.04. The monoisotopic (exact) mass is 413 g/mol. The molecule has 2 N–H and O–H groups in total. The summed E-state index contributed by atoms with van der Waals surface area (Å²) in [6, 6.07) is 12.4. The molecule has 0 bridgehead atoms. The Bertz CT molecular complexity index is 947. The minimum absolute atomic E-state index is 0.0878. The molecule has 10 heteroatoms. The van der Waals surface area contributed by atoms with Crippen LogP contribution in [0.4, 0.5) is 5.69 Å². The SMILES string of the molecule is COc1ccc(NC(=O)c2nnc(COCC(=O)NCc3ccccn3)s2)cc1. The standard InChI is InChI=1S/C19H19N5O4S/c1-27-15-7-5-13(6-8-15)22-18(26)19-24-23-17(29-19)12-28-11-16(25)21-10-14-4-2-3-9-20-14/h2-9H,10-12H2,1H3,(H,21,25)(H,22,26). The Hall–Kier alpha value is -3.37. The number of rotatable bonds is 9. The molecule has 2 amide bonds. The fourth-order valence-electron chi connectivity index (χ4n) is 2.24. The molecule has 0 aliphatic rings. The number of amides is 2. The number of carbonyl (C=O) groups excluding carboxylic acids is 2. The molecule has 29 heavy (non-hydrogen) atoms. The summed E-state index contributed by atoms with van der Waals surface area (Å²) in [5.74, 6) is 0.0621. The lowest BCUT2D eigenvalue weighted by Crippen LogP contribution is -2.27. The molecule has 2 heterocycles. The van der Waals surface area contributed by atoms with Crippen LogP contribution in [0.3, 0.4) is 0 Å². The van der Waals surface area contributed by atoms with E-state index in [4.69, 9.17) is 9.47 Å². The Morgan fingerprint density at radius 3 is 2.66 bits per heavy atom. The highest BCUT2D eigenvalue weighted by molar-refractivity contribution is 7.13. The number of aromatic nitrogens is 3. The smallest absolute Gasteiger partial charge is 0.286 e. The zero-order valence-electron chi connectivity index (χ0n) is 15.6. The number of ether oxygens (including phenoxy) is 2. The minimum Gasteiger partial charge on any atom is -0.497 e. The van der Waals surface area contributed by atoms with Crippen LogP contribution >= 0.6 is 11.3 Å². The first-order valence-electron chi connectivity index (χ1n) is 8.66. The molecule has 3 rings (SSSR count). The molecule has 1 aromatic carbocycles. The van der Waals surface area contributed by atoms with Gasteiger partial charge in [-0.15, -0.1) is 10.2 Å². The van der Waals surface area contributed by atoms with Gasteiger partial charge in [-0.3, -0.25) is 14.6 Å². The summed E-state index contributed by atoms with van der Waals surface area (Å²) < 4.78 is 10.4. The number of nitrogens with one attached hydrogen (secondary N) is 2. The minimum atomic E-state index is -0.368. The van der Waals surface area contributed by atoms with Gasteiger partial charge in [0.25, 0.3) is 5.91 Å². The van der Waals surface area contributed by atoms with Crippen molar-refractivity contribution < 1.29 is 19.1 Å². The van der Waals surface area contributed by atoms with E-state index in [2.05, 4.69) is 25.8 Å². The van der Waals surface area contributed by atoms with Crippen LogP contribution < -0.4 is 15.4 Å². The fraction of sp³-hybridized carbons (Fsp3) is 0.211. The maximum absolute atomic E-state index is 12.2. The zero-order valence-corrected chi connectivity index (χ0v) is 16.4. The highest BCUT2D eigenvalue weighted by atomic mass is 32.1. The molecule has 0 aliphatic heterocycles. The van der Waals surface area contributed by atoms with Gasteiger partial charge in [0.1, 0.15) is 24.0 Å². The van der Waals surface area contributed by atoms with Gasteiger partial charge in [0.2, 0.25) is 10.9 Å². The Kier molecular flexibility index (Phi) is 7.20. The number of methoxy groups -OCH3 is 1. The summed E-state index contributed by atoms with van der Waals surface area (Å²) in [4.78, 5) is 28.2. The van der Waals surface area contributed by atoms with Gasteiger partial charge in [-0.2, -0.15) is 0 Å². The van der Waals surface area contributed by atoms with Crippen molar-refractivity contribution in [3.63, 3.8) is 0 Å². The topological polar surface area (TPSA) is 115 Å². The summed E-state index contributed by atoms with van der Waals surface area (Å²) in [5.41, 5.74) is 1.38. The van der Waals surface area contributed by atoms with Crippen molar-refractivity contribution >= 4 is 28.8 Å². The Labute approximate surface area is 171 Å². The molecule has 0 saturated carbocycles.